The minimum atomic E-state index is -0.405. The van der Waals surface area contributed by atoms with Gasteiger partial charge in [-0.15, -0.1) is 0 Å². The van der Waals surface area contributed by atoms with E-state index in [1.54, 1.807) is 6.92 Å². The fourth-order valence-electron chi connectivity index (χ4n) is 2.73. The molecule has 1 aliphatic heterocycles. The zero-order valence-electron chi connectivity index (χ0n) is 14.7. The maximum absolute atomic E-state index is 12.3. The zero-order chi connectivity index (χ0) is 18.4. The molecule has 0 bridgehead atoms. The molecular formula is C18H24ClN3O3. The number of nitrogens with one attached hydrogen (secondary N) is 3. The molecule has 6 nitrogen and oxygen atoms in total. The highest BCUT2D eigenvalue weighted by Crippen LogP contribution is 2.19. The Morgan fingerprint density at radius 1 is 1.32 bits per heavy atom. The smallest absolute Gasteiger partial charge is 0.337 e. The lowest BCUT2D eigenvalue weighted by Gasteiger charge is -2.29. The number of benzene rings is 1. The van der Waals surface area contributed by atoms with Crippen LogP contribution in [0.15, 0.2) is 35.5 Å². The quantitative estimate of drug-likeness (QED) is 0.649. The first-order chi connectivity index (χ1) is 12.0. The largest absolute Gasteiger partial charge is 0.463 e. The maximum atomic E-state index is 12.3. The second-order valence-corrected chi connectivity index (χ2v) is 6.26. The highest BCUT2D eigenvalue weighted by atomic mass is 35.5. The van der Waals surface area contributed by atoms with E-state index in [4.69, 9.17) is 16.3 Å². The summed E-state index contributed by atoms with van der Waals surface area (Å²) in [4.78, 5) is 24.2. The van der Waals surface area contributed by atoms with Crippen molar-refractivity contribution in [2.75, 3.05) is 13.2 Å². The highest BCUT2D eigenvalue weighted by molar-refractivity contribution is 6.30. The van der Waals surface area contributed by atoms with E-state index in [-0.39, 0.29) is 24.7 Å². The minimum absolute atomic E-state index is 0.0278. The molecule has 2 atom stereocenters. The first-order valence-electron chi connectivity index (χ1n) is 8.42. The molecule has 0 saturated carbocycles. The second-order valence-electron chi connectivity index (χ2n) is 5.83. The van der Waals surface area contributed by atoms with E-state index >= 15 is 0 Å². The third-order valence-corrected chi connectivity index (χ3v) is 4.35. The van der Waals surface area contributed by atoms with Gasteiger partial charge in [0.1, 0.15) is 0 Å². The Kier molecular flexibility index (Phi) is 6.84. The number of amides is 2. The Balaban J connectivity index is 2.17. The molecule has 0 radical (unpaired) electrons. The van der Waals surface area contributed by atoms with Crippen LogP contribution in [0.2, 0.25) is 5.02 Å². The molecule has 136 valence electrons. The molecule has 0 aromatic heterocycles. The van der Waals surface area contributed by atoms with Crippen molar-refractivity contribution in [1.29, 1.82) is 0 Å². The lowest BCUT2D eigenvalue weighted by Crippen LogP contribution is -2.51. The molecule has 0 saturated heterocycles. The summed E-state index contributed by atoms with van der Waals surface area (Å²) in [5.41, 5.74) is 2.09. The van der Waals surface area contributed by atoms with Crippen molar-refractivity contribution in [3.8, 4) is 0 Å². The third-order valence-electron chi connectivity index (χ3n) is 4.10. The molecule has 2 rings (SSSR count). The Labute approximate surface area is 153 Å². The van der Waals surface area contributed by atoms with E-state index < -0.39 is 5.97 Å². The Hall–Kier alpha value is -2.05. The molecule has 1 aromatic carbocycles. The second kappa shape index (κ2) is 8.87. The van der Waals surface area contributed by atoms with Gasteiger partial charge < -0.3 is 20.7 Å². The summed E-state index contributed by atoms with van der Waals surface area (Å²) in [6.45, 7) is 6.32. The van der Waals surface area contributed by atoms with Gasteiger partial charge in [0.05, 0.1) is 18.2 Å². The standard InChI is InChI=1S/C18H24ClN3O3/c1-4-14-16(17(23)25-5-2)15(22-18(24)21-14)10-20-11(3)12-6-8-13(19)9-7-12/h6-9,11,14,20H,4-5,10H2,1-3H3,(H2,21,22,24)/t11-,14+/m1/s1. The SMILES string of the molecule is CCOC(=O)C1=C(CN[C@H](C)c2ccc(Cl)cc2)NC(=O)N[C@H]1CC. The normalized spacial score (nSPS) is 18.4. The first kappa shape index (κ1) is 19.3. The fraction of sp³-hybridized carbons (Fsp3) is 0.444. The topological polar surface area (TPSA) is 79.5 Å². The van der Waals surface area contributed by atoms with E-state index in [2.05, 4.69) is 16.0 Å². The molecule has 1 aromatic rings. The molecular weight excluding hydrogens is 342 g/mol. The van der Waals surface area contributed by atoms with E-state index in [9.17, 15) is 9.59 Å². The van der Waals surface area contributed by atoms with Crippen LogP contribution in [0.25, 0.3) is 0 Å². The Bertz CT molecular complexity index is 658. The van der Waals surface area contributed by atoms with Crippen molar-refractivity contribution in [2.24, 2.45) is 0 Å². The number of urea groups is 1. The van der Waals surface area contributed by atoms with Crippen molar-refractivity contribution >= 4 is 23.6 Å². The summed E-state index contributed by atoms with van der Waals surface area (Å²) in [7, 11) is 0. The summed E-state index contributed by atoms with van der Waals surface area (Å²) in [6, 6.07) is 6.91. The van der Waals surface area contributed by atoms with Gasteiger partial charge in [-0.2, -0.15) is 0 Å². The summed E-state index contributed by atoms with van der Waals surface area (Å²) < 4.78 is 5.15. The van der Waals surface area contributed by atoms with Crippen LogP contribution in [0.4, 0.5) is 4.79 Å². The predicted molar refractivity (Wildman–Crippen MR) is 97.3 cm³/mol. The third kappa shape index (κ3) is 4.96. The molecule has 7 heteroatoms. The van der Waals surface area contributed by atoms with E-state index in [1.807, 2.05) is 38.1 Å². The van der Waals surface area contributed by atoms with Crippen molar-refractivity contribution in [1.82, 2.24) is 16.0 Å². The monoisotopic (exact) mass is 365 g/mol. The summed E-state index contributed by atoms with van der Waals surface area (Å²) in [5.74, 6) is -0.405. The lowest BCUT2D eigenvalue weighted by molar-refractivity contribution is -0.139. The first-order valence-corrected chi connectivity index (χ1v) is 8.80. The van der Waals surface area contributed by atoms with Gasteiger partial charge in [0.15, 0.2) is 0 Å². The molecule has 1 heterocycles. The Morgan fingerprint density at radius 2 is 2.00 bits per heavy atom. The molecule has 1 aliphatic rings. The van der Waals surface area contributed by atoms with Gasteiger partial charge in [-0.05, 0) is 38.0 Å². The van der Waals surface area contributed by atoms with Crippen molar-refractivity contribution < 1.29 is 14.3 Å². The number of hydrogen-bond donors (Lipinski definition) is 3. The summed E-state index contributed by atoms with van der Waals surface area (Å²) in [5, 5.41) is 9.50. The molecule has 0 unspecified atom stereocenters. The molecule has 3 N–H and O–H groups in total. The average molecular weight is 366 g/mol. The maximum Gasteiger partial charge on any atom is 0.337 e. The number of rotatable bonds is 7. The number of hydrogen-bond acceptors (Lipinski definition) is 4. The van der Waals surface area contributed by atoms with E-state index in [1.165, 1.54) is 0 Å². The van der Waals surface area contributed by atoms with Crippen LogP contribution in [-0.4, -0.2) is 31.2 Å². The number of carbonyl (C=O) groups is 2. The number of esters is 1. The molecule has 0 aliphatic carbocycles. The van der Waals surface area contributed by atoms with Gasteiger partial charge in [0, 0.05) is 23.3 Å². The van der Waals surface area contributed by atoms with Gasteiger partial charge in [-0.25, -0.2) is 9.59 Å². The van der Waals surface area contributed by atoms with Gasteiger partial charge in [0.25, 0.3) is 0 Å². The predicted octanol–water partition coefficient (Wildman–Crippen LogP) is 2.90. The Morgan fingerprint density at radius 3 is 2.60 bits per heavy atom. The summed E-state index contributed by atoms with van der Waals surface area (Å²) >= 11 is 5.91. The van der Waals surface area contributed by atoms with Crippen LogP contribution >= 0.6 is 11.6 Å². The van der Waals surface area contributed by atoms with Crippen LogP contribution in [0.5, 0.6) is 0 Å². The van der Waals surface area contributed by atoms with Gasteiger partial charge in [-0.1, -0.05) is 30.7 Å². The molecule has 0 fully saturated rings. The van der Waals surface area contributed by atoms with Crippen LogP contribution in [0.1, 0.15) is 38.8 Å². The van der Waals surface area contributed by atoms with Crippen molar-refractivity contribution in [2.45, 2.75) is 39.3 Å². The van der Waals surface area contributed by atoms with Crippen LogP contribution in [-0.2, 0) is 9.53 Å². The summed E-state index contributed by atoms with van der Waals surface area (Å²) in [6.07, 6.45) is 0.609. The van der Waals surface area contributed by atoms with Gasteiger partial charge >= 0.3 is 12.0 Å². The van der Waals surface area contributed by atoms with Gasteiger partial charge in [0.2, 0.25) is 0 Å². The van der Waals surface area contributed by atoms with Gasteiger partial charge in [-0.3, -0.25) is 0 Å². The minimum Gasteiger partial charge on any atom is -0.463 e. The van der Waals surface area contributed by atoms with Crippen molar-refractivity contribution in [3.63, 3.8) is 0 Å². The molecule has 2 amide bonds. The zero-order valence-corrected chi connectivity index (χ0v) is 15.4. The van der Waals surface area contributed by atoms with Crippen molar-refractivity contribution in [3.05, 3.63) is 46.1 Å². The molecule has 0 spiro atoms. The average Bonchev–Trinajstić information content (AvgIpc) is 2.59. The molecule has 25 heavy (non-hydrogen) atoms. The van der Waals surface area contributed by atoms with E-state index in [0.29, 0.717) is 29.3 Å². The number of carbonyl (C=O) groups excluding carboxylic acids is 2. The van der Waals surface area contributed by atoms with Crippen LogP contribution < -0.4 is 16.0 Å². The fourth-order valence-corrected chi connectivity index (χ4v) is 2.85. The van der Waals surface area contributed by atoms with Crippen LogP contribution in [0, 0.1) is 0 Å². The van der Waals surface area contributed by atoms with E-state index in [0.717, 1.165) is 5.56 Å². The van der Waals surface area contributed by atoms with Crippen LogP contribution in [0.3, 0.4) is 0 Å². The highest BCUT2D eigenvalue weighted by Gasteiger charge is 2.31. The number of ether oxygens (including phenoxy) is 1. The number of halogens is 1. The lowest BCUT2D eigenvalue weighted by atomic mass is 10.00.